The van der Waals surface area contributed by atoms with Gasteiger partial charge in [-0.1, -0.05) is 17.7 Å². The molecule has 0 spiro atoms. The van der Waals surface area contributed by atoms with Crippen LogP contribution in [0.1, 0.15) is 38.2 Å². The van der Waals surface area contributed by atoms with Crippen molar-refractivity contribution in [2.24, 2.45) is 5.92 Å². The van der Waals surface area contributed by atoms with Crippen LogP contribution < -0.4 is 5.32 Å². The summed E-state index contributed by atoms with van der Waals surface area (Å²) < 4.78 is 0. The number of nitrogens with one attached hydrogen (secondary N) is 1. The second-order valence-electron chi connectivity index (χ2n) is 7.37. The highest BCUT2D eigenvalue weighted by molar-refractivity contribution is 5.94. The lowest BCUT2D eigenvalue weighted by atomic mass is 9.94. The Hall–Kier alpha value is -1.88. The number of aryl methyl sites for hydroxylation is 1. The molecule has 1 aromatic carbocycles. The molecule has 136 valence electrons. The third-order valence-corrected chi connectivity index (χ3v) is 5.54. The van der Waals surface area contributed by atoms with Gasteiger partial charge in [0.05, 0.1) is 6.04 Å². The molecule has 2 saturated heterocycles. The number of piperidine rings is 1. The third-order valence-electron chi connectivity index (χ3n) is 5.54. The van der Waals surface area contributed by atoms with Crippen molar-refractivity contribution in [1.29, 1.82) is 0 Å². The Morgan fingerprint density at radius 2 is 1.64 bits per heavy atom. The summed E-state index contributed by atoms with van der Waals surface area (Å²) >= 11 is 0. The summed E-state index contributed by atoms with van der Waals surface area (Å²) in [7, 11) is 0. The molecule has 0 radical (unpaired) electrons. The molecular formula is C20H29N3O2. The van der Waals surface area contributed by atoms with E-state index in [9.17, 15) is 9.59 Å². The van der Waals surface area contributed by atoms with Crippen LogP contribution in [0.2, 0.25) is 0 Å². The number of hydrogen-bond donors (Lipinski definition) is 1. The van der Waals surface area contributed by atoms with Crippen molar-refractivity contribution in [3.05, 3.63) is 29.8 Å². The minimum absolute atomic E-state index is 0.0215. The van der Waals surface area contributed by atoms with Crippen LogP contribution in [0.25, 0.3) is 0 Å². The Morgan fingerprint density at radius 1 is 1.04 bits per heavy atom. The Balaban J connectivity index is 1.48. The summed E-state index contributed by atoms with van der Waals surface area (Å²) in [5.74, 6) is 0.490. The maximum atomic E-state index is 12.5. The van der Waals surface area contributed by atoms with E-state index in [1.807, 2.05) is 43.0 Å². The van der Waals surface area contributed by atoms with Crippen molar-refractivity contribution in [1.82, 2.24) is 9.80 Å². The lowest BCUT2D eigenvalue weighted by Crippen LogP contribution is -2.48. The highest BCUT2D eigenvalue weighted by atomic mass is 16.2. The predicted octanol–water partition coefficient (Wildman–Crippen LogP) is 2.66. The molecule has 0 saturated carbocycles. The van der Waals surface area contributed by atoms with Crippen molar-refractivity contribution in [2.45, 2.75) is 45.6 Å². The van der Waals surface area contributed by atoms with E-state index in [1.165, 1.54) is 5.56 Å². The third kappa shape index (κ3) is 4.40. The number of anilines is 1. The zero-order valence-electron chi connectivity index (χ0n) is 15.3. The van der Waals surface area contributed by atoms with Crippen molar-refractivity contribution < 1.29 is 9.59 Å². The van der Waals surface area contributed by atoms with Gasteiger partial charge < -0.3 is 10.2 Å². The molecular weight excluding hydrogens is 314 g/mol. The molecule has 1 N–H and O–H groups in total. The fourth-order valence-electron chi connectivity index (χ4n) is 3.78. The van der Waals surface area contributed by atoms with Gasteiger partial charge in [-0.05, 0) is 64.8 Å². The molecule has 2 heterocycles. The van der Waals surface area contributed by atoms with E-state index in [0.717, 1.165) is 57.5 Å². The second kappa shape index (κ2) is 8.00. The average Bonchev–Trinajstić information content (AvgIpc) is 3.17. The van der Waals surface area contributed by atoms with E-state index in [-0.39, 0.29) is 17.9 Å². The van der Waals surface area contributed by atoms with Gasteiger partial charge in [-0.3, -0.25) is 14.5 Å². The molecule has 1 aromatic rings. The van der Waals surface area contributed by atoms with Crippen molar-refractivity contribution >= 4 is 17.5 Å². The smallest absolute Gasteiger partial charge is 0.241 e. The quantitative estimate of drug-likeness (QED) is 0.914. The first-order valence-corrected chi connectivity index (χ1v) is 9.45. The highest BCUT2D eigenvalue weighted by Gasteiger charge is 2.32. The lowest BCUT2D eigenvalue weighted by molar-refractivity contribution is -0.136. The number of amides is 2. The molecule has 0 aromatic heterocycles. The van der Waals surface area contributed by atoms with Gasteiger partial charge in [0, 0.05) is 24.7 Å². The fourth-order valence-corrected chi connectivity index (χ4v) is 3.78. The molecule has 5 heteroatoms. The molecule has 5 nitrogen and oxygen atoms in total. The van der Waals surface area contributed by atoms with Gasteiger partial charge >= 0.3 is 0 Å². The first kappa shape index (κ1) is 17.9. The van der Waals surface area contributed by atoms with E-state index in [0.29, 0.717) is 5.91 Å². The van der Waals surface area contributed by atoms with Gasteiger partial charge in [0.2, 0.25) is 11.8 Å². The normalized spacial score (nSPS) is 20.5. The molecule has 2 amide bonds. The Bertz CT molecular complexity index is 600. The van der Waals surface area contributed by atoms with Crippen LogP contribution in [0.15, 0.2) is 24.3 Å². The molecule has 2 fully saturated rings. The zero-order chi connectivity index (χ0) is 17.8. The topological polar surface area (TPSA) is 52.7 Å². The first-order valence-electron chi connectivity index (χ1n) is 9.45. The molecule has 0 unspecified atom stereocenters. The van der Waals surface area contributed by atoms with Crippen molar-refractivity contribution in [3.63, 3.8) is 0 Å². The summed E-state index contributed by atoms with van der Waals surface area (Å²) in [6, 6.07) is 7.68. The summed E-state index contributed by atoms with van der Waals surface area (Å²) in [6.45, 7) is 7.45. The van der Waals surface area contributed by atoms with Gasteiger partial charge in [0.1, 0.15) is 0 Å². The standard InChI is InChI=1S/C20H29N3O2/c1-15-5-7-18(8-6-15)21-19(24)16(2)22-13-9-17(10-14-22)20(25)23-11-3-4-12-23/h5-8,16-17H,3-4,9-14H2,1-2H3,(H,21,24)/t16-/m1/s1. The fraction of sp³-hybridized carbons (Fsp3) is 0.600. The summed E-state index contributed by atoms with van der Waals surface area (Å²) in [4.78, 5) is 29.2. The summed E-state index contributed by atoms with van der Waals surface area (Å²) in [6.07, 6.45) is 4.00. The molecule has 0 bridgehead atoms. The van der Waals surface area contributed by atoms with Crippen molar-refractivity contribution in [3.8, 4) is 0 Å². The van der Waals surface area contributed by atoms with Crippen LogP contribution in [0.3, 0.4) is 0 Å². The number of hydrogen-bond acceptors (Lipinski definition) is 3. The van der Waals surface area contributed by atoms with Crippen LogP contribution in [0, 0.1) is 12.8 Å². The number of rotatable bonds is 4. The van der Waals surface area contributed by atoms with E-state index >= 15 is 0 Å². The van der Waals surface area contributed by atoms with Gasteiger partial charge in [-0.15, -0.1) is 0 Å². The predicted molar refractivity (Wildman–Crippen MR) is 99.4 cm³/mol. The van der Waals surface area contributed by atoms with E-state index < -0.39 is 0 Å². The first-order chi connectivity index (χ1) is 12.0. The Labute approximate surface area is 150 Å². The number of benzene rings is 1. The SMILES string of the molecule is Cc1ccc(NC(=O)[C@@H](C)N2CCC(C(=O)N3CCCC3)CC2)cc1. The Morgan fingerprint density at radius 3 is 2.24 bits per heavy atom. The number of carbonyl (C=O) groups is 2. The lowest BCUT2D eigenvalue weighted by Gasteiger charge is -2.36. The maximum absolute atomic E-state index is 12.5. The summed E-state index contributed by atoms with van der Waals surface area (Å²) in [5, 5.41) is 2.99. The van der Waals surface area contributed by atoms with Gasteiger partial charge in [-0.2, -0.15) is 0 Å². The Kier molecular flexibility index (Phi) is 5.74. The summed E-state index contributed by atoms with van der Waals surface area (Å²) in [5.41, 5.74) is 2.01. The number of likely N-dealkylation sites (tertiary alicyclic amines) is 2. The van der Waals surface area contributed by atoms with Gasteiger partial charge in [-0.25, -0.2) is 0 Å². The van der Waals surface area contributed by atoms with Crippen LogP contribution in [0.4, 0.5) is 5.69 Å². The molecule has 3 rings (SSSR count). The molecule has 2 aliphatic rings. The van der Waals surface area contributed by atoms with E-state index in [1.54, 1.807) is 0 Å². The second-order valence-corrected chi connectivity index (χ2v) is 7.37. The molecule has 1 atom stereocenters. The van der Waals surface area contributed by atoms with Crippen LogP contribution in [-0.4, -0.2) is 53.8 Å². The molecule has 25 heavy (non-hydrogen) atoms. The molecule has 2 aliphatic heterocycles. The van der Waals surface area contributed by atoms with Gasteiger partial charge in [0.15, 0.2) is 0 Å². The van der Waals surface area contributed by atoms with Gasteiger partial charge in [0.25, 0.3) is 0 Å². The largest absolute Gasteiger partial charge is 0.342 e. The zero-order valence-corrected chi connectivity index (χ0v) is 15.3. The number of carbonyl (C=O) groups excluding carboxylic acids is 2. The minimum Gasteiger partial charge on any atom is -0.342 e. The average molecular weight is 343 g/mol. The minimum atomic E-state index is -0.177. The van der Waals surface area contributed by atoms with Crippen LogP contribution in [0.5, 0.6) is 0 Å². The van der Waals surface area contributed by atoms with Crippen LogP contribution >= 0.6 is 0 Å². The maximum Gasteiger partial charge on any atom is 0.241 e. The van der Waals surface area contributed by atoms with E-state index in [2.05, 4.69) is 10.2 Å². The van der Waals surface area contributed by atoms with Crippen LogP contribution in [-0.2, 0) is 9.59 Å². The van der Waals surface area contributed by atoms with Crippen molar-refractivity contribution in [2.75, 3.05) is 31.5 Å². The monoisotopic (exact) mass is 343 g/mol. The highest BCUT2D eigenvalue weighted by Crippen LogP contribution is 2.23. The molecule has 0 aliphatic carbocycles. The van der Waals surface area contributed by atoms with E-state index in [4.69, 9.17) is 0 Å². The number of nitrogens with zero attached hydrogens (tertiary/aromatic N) is 2.